The first-order valence-electron chi connectivity index (χ1n) is 11.8. The van der Waals surface area contributed by atoms with Gasteiger partial charge in [0.1, 0.15) is 17.8 Å². The number of imidazole rings is 1. The van der Waals surface area contributed by atoms with Crippen molar-refractivity contribution in [3.05, 3.63) is 60.2 Å². The number of benzene rings is 1. The van der Waals surface area contributed by atoms with Crippen molar-refractivity contribution in [1.29, 1.82) is 0 Å². The van der Waals surface area contributed by atoms with Crippen molar-refractivity contribution in [2.75, 3.05) is 24.2 Å². The number of aromatic nitrogens is 4. The fourth-order valence-electron chi connectivity index (χ4n) is 4.54. The van der Waals surface area contributed by atoms with Gasteiger partial charge < -0.3 is 14.4 Å². The van der Waals surface area contributed by atoms with E-state index in [4.69, 9.17) is 0 Å². The Hall–Kier alpha value is -2.94. The van der Waals surface area contributed by atoms with E-state index in [-0.39, 0.29) is 23.8 Å². The third-order valence-corrected chi connectivity index (χ3v) is 7.38. The van der Waals surface area contributed by atoms with E-state index in [2.05, 4.69) is 26.8 Å². The molecule has 1 saturated carbocycles. The van der Waals surface area contributed by atoms with Crippen molar-refractivity contribution in [1.82, 2.24) is 24.4 Å². The SMILES string of the molecule is CCc1cnc(N2CCC(N(C(=O)c3cn(-c4ccc(SC)cc4F)cn3)C3CC3)CC2)nc1. The van der Waals surface area contributed by atoms with Gasteiger partial charge in [0.15, 0.2) is 0 Å². The van der Waals surface area contributed by atoms with Crippen LogP contribution in [0.15, 0.2) is 48.0 Å². The zero-order valence-electron chi connectivity index (χ0n) is 19.5. The molecule has 1 aromatic carbocycles. The van der Waals surface area contributed by atoms with Gasteiger partial charge in [-0.05, 0) is 62.1 Å². The molecule has 0 N–H and O–H groups in total. The number of nitrogens with zero attached hydrogens (tertiary/aromatic N) is 6. The van der Waals surface area contributed by atoms with Gasteiger partial charge in [-0.2, -0.15) is 0 Å². The molecule has 2 fully saturated rings. The highest BCUT2D eigenvalue weighted by Gasteiger charge is 2.40. The summed E-state index contributed by atoms with van der Waals surface area (Å²) >= 11 is 1.49. The Morgan fingerprint density at radius 3 is 2.44 bits per heavy atom. The molecule has 5 rings (SSSR count). The van der Waals surface area contributed by atoms with Gasteiger partial charge in [0.05, 0.1) is 5.69 Å². The van der Waals surface area contributed by atoms with E-state index in [1.165, 1.54) is 24.2 Å². The Labute approximate surface area is 203 Å². The summed E-state index contributed by atoms with van der Waals surface area (Å²) in [5, 5.41) is 0. The molecule has 9 heteroatoms. The fraction of sp³-hybridized carbons (Fsp3) is 0.440. The van der Waals surface area contributed by atoms with Crippen LogP contribution in [0.3, 0.4) is 0 Å². The average molecular weight is 481 g/mol. The molecule has 0 radical (unpaired) electrons. The summed E-state index contributed by atoms with van der Waals surface area (Å²) in [5.41, 5.74) is 1.88. The van der Waals surface area contributed by atoms with Gasteiger partial charge >= 0.3 is 0 Å². The highest BCUT2D eigenvalue weighted by molar-refractivity contribution is 7.98. The molecule has 1 amide bonds. The molecule has 34 heavy (non-hydrogen) atoms. The highest BCUT2D eigenvalue weighted by atomic mass is 32.2. The molecule has 2 aromatic heterocycles. The largest absolute Gasteiger partial charge is 0.341 e. The van der Waals surface area contributed by atoms with Crippen LogP contribution in [0, 0.1) is 5.82 Å². The van der Waals surface area contributed by atoms with E-state index in [0.717, 1.165) is 61.6 Å². The van der Waals surface area contributed by atoms with Crippen LogP contribution in [-0.2, 0) is 6.42 Å². The second-order valence-electron chi connectivity index (χ2n) is 8.89. The summed E-state index contributed by atoms with van der Waals surface area (Å²) < 4.78 is 16.2. The minimum absolute atomic E-state index is 0.0654. The number of anilines is 1. The van der Waals surface area contributed by atoms with E-state index < -0.39 is 0 Å². The Kier molecular flexibility index (Phi) is 6.54. The highest BCUT2D eigenvalue weighted by Crippen LogP contribution is 2.33. The van der Waals surface area contributed by atoms with Crippen LogP contribution in [0.25, 0.3) is 5.69 Å². The third kappa shape index (κ3) is 4.66. The first kappa shape index (κ1) is 22.8. The summed E-state index contributed by atoms with van der Waals surface area (Å²) in [5.74, 6) is 0.362. The van der Waals surface area contributed by atoms with Crippen molar-refractivity contribution in [3.8, 4) is 5.69 Å². The van der Waals surface area contributed by atoms with Crippen LogP contribution in [0.2, 0.25) is 0 Å². The maximum absolute atomic E-state index is 14.6. The normalized spacial score (nSPS) is 16.6. The number of carbonyl (C=O) groups is 1. The third-order valence-electron chi connectivity index (χ3n) is 6.65. The van der Waals surface area contributed by atoms with Crippen LogP contribution in [0.5, 0.6) is 0 Å². The quantitative estimate of drug-likeness (QED) is 0.468. The molecule has 3 heterocycles. The van der Waals surface area contributed by atoms with E-state index in [1.54, 1.807) is 16.8 Å². The maximum atomic E-state index is 14.6. The average Bonchev–Trinajstić information content (AvgIpc) is 3.59. The Morgan fingerprint density at radius 1 is 1.12 bits per heavy atom. The minimum atomic E-state index is -0.330. The van der Waals surface area contributed by atoms with E-state index >= 15 is 0 Å². The summed E-state index contributed by atoms with van der Waals surface area (Å²) in [4.78, 5) is 31.9. The van der Waals surface area contributed by atoms with Crippen LogP contribution in [-0.4, -0.2) is 61.8 Å². The van der Waals surface area contributed by atoms with Crippen LogP contribution in [0.4, 0.5) is 10.3 Å². The molecular formula is C25H29FN6OS. The molecular weight excluding hydrogens is 451 g/mol. The number of rotatable bonds is 7. The minimum Gasteiger partial charge on any atom is -0.341 e. The predicted octanol–water partition coefficient (Wildman–Crippen LogP) is 4.36. The molecule has 1 saturated heterocycles. The zero-order valence-corrected chi connectivity index (χ0v) is 20.3. The second-order valence-corrected chi connectivity index (χ2v) is 9.77. The summed E-state index contributed by atoms with van der Waals surface area (Å²) in [6, 6.07) is 5.53. The van der Waals surface area contributed by atoms with Crippen molar-refractivity contribution < 1.29 is 9.18 Å². The molecule has 3 aromatic rings. The number of carbonyl (C=O) groups excluding carboxylic acids is 1. The van der Waals surface area contributed by atoms with Gasteiger partial charge in [0.2, 0.25) is 5.95 Å². The maximum Gasteiger partial charge on any atom is 0.274 e. The molecule has 1 aliphatic heterocycles. The zero-order chi connectivity index (χ0) is 23.7. The number of piperidine rings is 1. The molecule has 178 valence electrons. The second kappa shape index (κ2) is 9.74. The van der Waals surface area contributed by atoms with E-state index in [9.17, 15) is 9.18 Å². The standard InChI is InChI=1S/C25H29FN6OS/c1-3-17-13-27-25(28-14-17)30-10-8-19(9-11-30)32(18-4-5-18)24(33)22-15-31(16-29-22)23-7-6-20(34-2)12-21(23)26/h6-7,12-16,18-19H,3-5,8-11H2,1-2H3. The topological polar surface area (TPSA) is 67.2 Å². The number of thioether (sulfide) groups is 1. The van der Waals surface area contributed by atoms with E-state index in [1.807, 2.05) is 29.6 Å². The van der Waals surface area contributed by atoms with Crippen LogP contribution >= 0.6 is 11.8 Å². The molecule has 7 nitrogen and oxygen atoms in total. The van der Waals surface area contributed by atoms with Crippen LogP contribution < -0.4 is 4.90 Å². The number of hydrogen-bond donors (Lipinski definition) is 0. The van der Waals surface area contributed by atoms with Crippen molar-refractivity contribution in [2.45, 2.75) is 56.0 Å². The monoisotopic (exact) mass is 480 g/mol. The van der Waals surface area contributed by atoms with Gasteiger partial charge in [-0.1, -0.05) is 6.92 Å². The lowest BCUT2D eigenvalue weighted by molar-refractivity contribution is 0.0624. The summed E-state index contributed by atoms with van der Waals surface area (Å²) in [7, 11) is 0. The van der Waals surface area contributed by atoms with Gasteiger partial charge in [-0.3, -0.25) is 4.79 Å². The number of amides is 1. The van der Waals surface area contributed by atoms with Gasteiger partial charge in [-0.25, -0.2) is 19.3 Å². The molecule has 1 aliphatic carbocycles. The molecule has 0 atom stereocenters. The number of halogens is 1. The van der Waals surface area contributed by atoms with Gasteiger partial charge in [0, 0.05) is 48.7 Å². The Balaban J connectivity index is 1.28. The molecule has 0 spiro atoms. The molecule has 2 aliphatic rings. The number of hydrogen-bond acceptors (Lipinski definition) is 6. The Morgan fingerprint density at radius 2 is 1.82 bits per heavy atom. The van der Waals surface area contributed by atoms with Crippen molar-refractivity contribution >= 4 is 23.6 Å². The van der Waals surface area contributed by atoms with Crippen LogP contribution in [0.1, 0.15) is 48.7 Å². The summed E-state index contributed by atoms with van der Waals surface area (Å²) in [6.45, 7) is 3.72. The number of aryl methyl sites for hydroxylation is 1. The van der Waals surface area contributed by atoms with Crippen molar-refractivity contribution in [3.63, 3.8) is 0 Å². The fourth-order valence-corrected chi connectivity index (χ4v) is 4.97. The smallest absolute Gasteiger partial charge is 0.274 e. The summed E-state index contributed by atoms with van der Waals surface area (Å²) in [6.07, 6.45) is 13.6. The first-order valence-corrected chi connectivity index (χ1v) is 13.1. The van der Waals surface area contributed by atoms with E-state index in [0.29, 0.717) is 11.4 Å². The first-order chi connectivity index (χ1) is 16.6. The molecule has 0 unspecified atom stereocenters. The molecule has 0 bridgehead atoms. The predicted molar refractivity (Wildman–Crippen MR) is 131 cm³/mol. The van der Waals surface area contributed by atoms with Gasteiger partial charge in [0.25, 0.3) is 5.91 Å². The van der Waals surface area contributed by atoms with Gasteiger partial charge in [-0.15, -0.1) is 11.8 Å². The lowest BCUT2D eigenvalue weighted by Gasteiger charge is -2.38. The van der Waals surface area contributed by atoms with Crippen molar-refractivity contribution in [2.24, 2.45) is 0 Å². The lowest BCUT2D eigenvalue weighted by atomic mass is 10.0. The lowest BCUT2D eigenvalue weighted by Crippen LogP contribution is -2.49. The Bertz CT molecular complexity index is 1150.